The highest BCUT2D eigenvalue weighted by Crippen LogP contribution is 2.27. The van der Waals surface area contributed by atoms with Crippen LogP contribution in [0.5, 0.6) is 0 Å². The van der Waals surface area contributed by atoms with E-state index in [2.05, 4.69) is 21.2 Å². The Morgan fingerprint density at radius 3 is 2.43 bits per heavy atom. The zero-order valence-corrected chi connectivity index (χ0v) is 15.3. The molecule has 0 saturated heterocycles. The fourth-order valence-corrected chi connectivity index (χ4v) is 4.03. The smallest absolute Gasteiger partial charge is 0.256 e. The van der Waals surface area contributed by atoms with Gasteiger partial charge in [-0.3, -0.25) is 4.79 Å². The first-order valence-electron chi connectivity index (χ1n) is 6.81. The van der Waals surface area contributed by atoms with Crippen molar-refractivity contribution < 1.29 is 17.6 Å². The van der Waals surface area contributed by atoms with E-state index in [4.69, 9.17) is 9.56 Å². The zero-order valence-electron chi connectivity index (χ0n) is 12.9. The van der Waals surface area contributed by atoms with Crippen LogP contribution in [0.4, 0.5) is 0 Å². The molecule has 0 bridgehead atoms. The van der Waals surface area contributed by atoms with E-state index in [0.29, 0.717) is 0 Å². The maximum Gasteiger partial charge on any atom is 0.256 e. The second-order valence-corrected chi connectivity index (χ2v) is 7.53. The first kappa shape index (κ1) is 17.7. The highest BCUT2D eigenvalue weighted by atomic mass is 79.9. The van der Waals surface area contributed by atoms with Gasteiger partial charge in [-0.05, 0) is 32.4 Å². The number of carbonyl (C=O) groups excluding carboxylic acids is 1. The second-order valence-electron chi connectivity index (χ2n) is 5.18. The van der Waals surface area contributed by atoms with E-state index in [1.807, 2.05) is 24.3 Å². The highest BCUT2D eigenvalue weighted by molar-refractivity contribution is 9.10. The third-order valence-electron chi connectivity index (χ3n) is 3.44. The van der Waals surface area contributed by atoms with Crippen molar-refractivity contribution in [2.75, 3.05) is 0 Å². The summed E-state index contributed by atoms with van der Waals surface area (Å²) in [5.74, 6) is -0.237. The normalized spacial score (nSPS) is 12.9. The molecule has 1 aromatic carbocycles. The van der Waals surface area contributed by atoms with Crippen molar-refractivity contribution in [1.29, 1.82) is 0 Å². The van der Waals surface area contributed by atoms with Crippen molar-refractivity contribution >= 4 is 31.9 Å². The lowest BCUT2D eigenvalue weighted by molar-refractivity contribution is 0.0935. The third kappa shape index (κ3) is 3.65. The van der Waals surface area contributed by atoms with Gasteiger partial charge in [0.15, 0.2) is 0 Å². The number of carbonyl (C=O) groups is 1. The number of sulfonamides is 1. The number of hydrogen-bond donors (Lipinski definition) is 2. The fraction of sp³-hybridized carbons (Fsp3) is 0.267. The Morgan fingerprint density at radius 2 is 1.87 bits per heavy atom. The summed E-state index contributed by atoms with van der Waals surface area (Å²) in [7, 11) is -4.06. The second kappa shape index (κ2) is 6.46. The number of furan rings is 1. The Morgan fingerprint density at radius 1 is 1.26 bits per heavy atom. The van der Waals surface area contributed by atoms with Crippen LogP contribution < -0.4 is 10.5 Å². The van der Waals surface area contributed by atoms with Crippen LogP contribution in [0.25, 0.3) is 0 Å². The molecule has 1 heterocycles. The molecule has 124 valence electrons. The number of amides is 1. The summed E-state index contributed by atoms with van der Waals surface area (Å²) in [6.45, 7) is 4.79. The molecule has 0 radical (unpaired) electrons. The molecule has 0 fully saturated rings. The Bertz CT molecular complexity index is 858. The van der Waals surface area contributed by atoms with Crippen LogP contribution in [-0.4, -0.2) is 14.3 Å². The van der Waals surface area contributed by atoms with Crippen molar-refractivity contribution in [3.8, 4) is 0 Å². The number of aryl methyl sites for hydroxylation is 2. The molecule has 0 aliphatic heterocycles. The van der Waals surface area contributed by atoms with Crippen molar-refractivity contribution in [3.63, 3.8) is 0 Å². The predicted octanol–water partition coefficient (Wildman–Crippen LogP) is 2.80. The van der Waals surface area contributed by atoms with Gasteiger partial charge in [0.1, 0.15) is 22.0 Å². The van der Waals surface area contributed by atoms with E-state index in [1.54, 1.807) is 6.92 Å². The maximum atomic E-state index is 12.5. The summed E-state index contributed by atoms with van der Waals surface area (Å²) >= 11 is 3.42. The first-order chi connectivity index (χ1) is 10.6. The SMILES string of the molecule is Cc1oc(C)c(S(N)(=O)=O)c1C(=O)NC(C)c1ccccc1Br. The Kier molecular flexibility index (Phi) is 4.98. The van der Waals surface area contributed by atoms with Crippen LogP contribution >= 0.6 is 15.9 Å². The summed E-state index contributed by atoms with van der Waals surface area (Å²) < 4.78 is 29.6. The van der Waals surface area contributed by atoms with Crippen LogP contribution in [0, 0.1) is 13.8 Å². The minimum atomic E-state index is -4.06. The van der Waals surface area contributed by atoms with Crippen LogP contribution in [0.1, 0.15) is 40.4 Å². The molecule has 1 amide bonds. The Labute approximate surface area is 143 Å². The van der Waals surface area contributed by atoms with Crippen LogP contribution in [0.15, 0.2) is 38.1 Å². The maximum absolute atomic E-state index is 12.5. The van der Waals surface area contributed by atoms with Crippen LogP contribution in [0.3, 0.4) is 0 Å². The lowest BCUT2D eigenvalue weighted by atomic mass is 10.1. The molecule has 1 unspecified atom stereocenters. The van der Waals surface area contributed by atoms with Gasteiger partial charge in [0.2, 0.25) is 10.0 Å². The highest BCUT2D eigenvalue weighted by Gasteiger charge is 2.29. The molecule has 1 aromatic heterocycles. The minimum absolute atomic E-state index is 0.0519. The summed E-state index contributed by atoms with van der Waals surface area (Å²) in [6, 6.07) is 7.11. The topological polar surface area (TPSA) is 102 Å². The Balaban J connectivity index is 2.38. The fourth-order valence-electron chi connectivity index (χ4n) is 2.44. The monoisotopic (exact) mass is 400 g/mol. The van der Waals surface area contributed by atoms with Crippen LogP contribution in [0.2, 0.25) is 0 Å². The summed E-state index contributed by atoms with van der Waals surface area (Å²) in [4.78, 5) is 12.3. The number of benzene rings is 1. The number of rotatable bonds is 4. The Hall–Kier alpha value is -1.64. The van der Waals surface area contributed by atoms with Crippen molar-refractivity contribution in [2.24, 2.45) is 5.14 Å². The number of halogens is 1. The zero-order chi connectivity index (χ0) is 17.4. The van der Waals surface area contributed by atoms with Gasteiger partial charge in [0, 0.05) is 4.47 Å². The van der Waals surface area contributed by atoms with Gasteiger partial charge in [0.25, 0.3) is 5.91 Å². The average Bonchev–Trinajstić information content (AvgIpc) is 2.73. The molecule has 1 atom stereocenters. The van der Waals surface area contributed by atoms with Crippen molar-refractivity contribution in [3.05, 3.63) is 51.4 Å². The van der Waals surface area contributed by atoms with Gasteiger partial charge < -0.3 is 9.73 Å². The van der Waals surface area contributed by atoms with Crippen molar-refractivity contribution in [2.45, 2.75) is 31.7 Å². The van der Waals surface area contributed by atoms with Gasteiger partial charge >= 0.3 is 0 Å². The molecular formula is C15H17BrN2O4S. The van der Waals surface area contributed by atoms with Gasteiger partial charge in [-0.1, -0.05) is 34.1 Å². The van der Waals surface area contributed by atoms with E-state index in [-0.39, 0.29) is 28.0 Å². The van der Waals surface area contributed by atoms with E-state index in [1.165, 1.54) is 13.8 Å². The van der Waals surface area contributed by atoms with Gasteiger partial charge in [-0.2, -0.15) is 0 Å². The lowest BCUT2D eigenvalue weighted by Crippen LogP contribution is -2.29. The first-order valence-corrected chi connectivity index (χ1v) is 9.15. The number of hydrogen-bond acceptors (Lipinski definition) is 4. The standard InChI is InChI=1S/C15H17BrN2O4S/c1-8(11-6-4-5-7-12(11)16)18-15(19)13-9(2)22-10(3)14(13)23(17,20)21/h4-8H,1-3H3,(H,18,19)(H2,17,20,21). The predicted molar refractivity (Wildman–Crippen MR) is 89.6 cm³/mol. The molecule has 6 nitrogen and oxygen atoms in total. The molecule has 0 aliphatic rings. The van der Waals surface area contributed by atoms with E-state index >= 15 is 0 Å². The number of nitrogens with one attached hydrogen (secondary N) is 1. The number of primary sulfonamides is 1. The van der Waals surface area contributed by atoms with E-state index in [0.717, 1.165) is 10.0 Å². The number of nitrogens with two attached hydrogens (primary N) is 1. The van der Waals surface area contributed by atoms with Gasteiger partial charge in [-0.15, -0.1) is 0 Å². The van der Waals surface area contributed by atoms with Crippen LogP contribution in [-0.2, 0) is 10.0 Å². The van der Waals surface area contributed by atoms with Crippen molar-refractivity contribution in [1.82, 2.24) is 5.32 Å². The molecule has 2 aromatic rings. The molecule has 8 heteroatoms. The molecule has 0 aliphatic carbocycles. The summed E-state index contributed by atoms with van der Waals surface area (Å²) in [5.41, 5.74) is 0.819. The quantitative estimate of drug-likeness (QED) is 0.822. The van der Waals surface area contributed by atoms with E-state index in [9.17, 15) is 13.2 Å². The van der Waals surface area contributed by atoms with Gasteiger partial charge in [-0.25, -0.2) is 13.6 Å². The molecule has 2 rings (SSSR count). The molecular weight excluding hydrogens is 384 g/mol. The lowest BCUT2D eigenvalue weighted by Gasteiger charge is -2.16. The summed E-state index contributed by atoms with van der Waals surface area (Å²) in [5, 5.41) is 7.97. The minimum Gasteiger partial charge on any atom is -0.464 e. The summed E-state index contributed by atoms with van der Waals surface area (Å²) in [6.07, 6.45) is 0. The van der Waals surface area contributed by atoms with Gasteiger partial charge in [0.05, 0.1) is 6.04 Å². The molecule has 3 N–H and O–H groups in total. The molecule has 0 saturated carbocycles. The molecule has 0 spiro atoms. The molecule has 23 heavy (non-hydrogen) atoms. The largest absolute Gasteiger partial charge is 0.464 e. The third-order valence-corrected chi connectivity index (χ3v) is 5.22. The van der Waals surface area contributed by atoms with E-state index < -0.39 is 15.9 Å². The average molecular weight is 401 g/mol.